The summed E-state index contributed by atoms with van der Waals surface area (Å²) in [6.07, 6.45) is 5.51. The molecule has 1 aromatic heterocycles. The molecule has 1 N–H and O–H groups in total. The van der Waals surface area contributed by atoms with E-state index in [1.54, 1.807) is 0 Å². The third kappa shape index (κ3) is 3.11. The van der Waals surface area contributed by atoms with Crippen molar-refractivity contribution in [1.82, 2.24) is 15.3 Å². The van der Waals surface area contributed by atoms with Gasteiger partial charge in [0.15, 0.2) is 0 Å². The molecule has 2 fully saturated rings. The van der Waals surface area contributed by atoms with Gasteiger partial charge in [0.05, 0.1) is 0 Å². The van der Waals surface area contributed by atoms with Crippen LogP contribution in [0, 0.1) is 11.3 Å². The molecule has 2 saturated heterocycles. The van der Waals surface area contributed by atoms with Gasteiger partial charge in [0.25, 0.3) is 0 Å². The average Bonchev–Trinajstić information content (AvgIpc) is 2.80. The summed E-state index contributed by atoms with van der Waals surface area (Å²) >= 11 is 0. The van der Waals surface area contributed by atoms with E-state index in [-0.39, 0.29) is 5.41 Å². The van der Waals surface area contributed by atoms with Crippen molar-refractivity contribution < 1.29 is 0 Å². The summed E-state index contributed by atoms with van der Waals surface area (Å²) in [5.41, 5.74) is 0.235. The average molecular weight is 274 g/mol. The number of hydrogen-bond donors (Lipinski definition) is 1. The van der Waals surface area contributed by atoms with Crippen LogP contribution < -0.4 is 10.2 Å². The Labute approximate surface area is 122 Å². The second-order valence-electron chi connectivity index (χ2n) is 7.44. The lowest BCUT2D eigenvalue weighted by molar-refractivity contribution is 0.340. The molecule has 3 heterocycles. The zero-order valence-electron chi connectivity index (χ0n) is 12.9. The molecular formula is C16H26N4. The highest BCUT2D eigenvalue weighted by atomic mass is 15.2. The van der Waals surface area contributed by atoms with Crippen molar-refractivity contribution in [2.45, 2.75) is 46.1 Å². The summed E-state index contributed by atoms with van der Waals surface area (Å²) in [7, 11) is 0. The Morgan fingerprint density at radius 3 is 2.95 bits per heavy atom. The minimum absolute atomic E-state index is 0.235. The standard InChI is InChI=1S/C16H26N4/c1-16(2,3)9-14-18-8-6-15(19-14)20-10-12-5-4-7-17-13(12)11-20/h6,8,12-13,17H,4-5,7,9-11H2,1-3H3/t12-,13+/m0/s1. The van der Waals surface area contributed by atoms with E-state index in [0.29, 0.717) is 6.04 Å². The summed E-state index contributed by atoms with van der Waals surface area (Å²) in [5.74, 6) is 2.87. The molecule has 0 aromatic carbocycles. The van der Waals surface area contributed by atoms with Crippen LogP contribution in [0.5, 0.6) is 0 Å². The van der Waals surface area contributed by atoms with E-state index in [1.807, 2.05) is 6.20 Å². The first-order valence-electron chi connectivity index (χ1n) is 7.81. The van der Waals surface area contributed by atoms with Crippen LogP contribution in [0.4, 0.5) is 5.82 Å². The number of fused-ring (bicyclic) bond motifs is 1. The molecular weight excluding hydrogens is 248 g/mol. The maximum atomic E-state index is 4.79. The predicted octanol–water partition coefficient (Wildman–Crippen LogP) is 2.25. The van der Waals surface area contributed by atoms with Crippen LogP contribution >= 0.6 is 0 Å². The van der Waals surface area contributed by atoms with Gasteiger partial charge in [-0.15, -0.1) is 0 Å². The highest BCUT2D eigenvalue weighted by Gasteiger charge is 2.34. The summed E-state index contributed by atoms with van der Waals surface area (Å²) in [4.78, 5) is 11.7. The maximum Gasteiger partial charge on any atom is 0.132 e. The molecule has 0 bridgehead atoms. The molecule has 0 unspecified atom stereocenters. The van der Waals surface area contributed by atoms with Crippen LogP contribution in [0.25, 0.3) is 0 Å². The van der Waals surface area contributed by atoms with Crippen molar-refractivity contribution in [2.75, 3.05) is 24.5 Å². The number of aromatic nitrogens is 2. The molecule has 0 aliphatic carbocycles. The Morgan fingerprint density at radius 2 is 2.20 bits per heavy atom. The largest absolute Gasteiger partial charge is 0.355 e. The first-order valence-corrected chi connectivity index (χ1v) is 7.81. The van der Waals surface area contributed by atoms with Gasteiger partial charge in [-0.2, -0.15) is 0 Å². The molecule has 4 heteroatoms. The number of piperidine rings is 1. The number of hydrogen-bond acceptors (Lipinski definition) is 4. The first-order chi connectivity index (χ1) is 9.51. The predicted molar refractivity (Wildman–Crippen MR) is 81.9 cm³/mol. The summed E-state index contributed by atoms with van der Waals surface area (Å²) in [6, 6.07) is 2.72. The van der Waals surface area contributed by atoms with Gasteiger partial charge in [0.1, 0.15) is 11.6 Å². The van der Waals surface area contributed by atoms with Crippen molar-refractivity contribution >= 4 is 5.82 Å². The van der Waals surface area contributed by atoms with E-state index in [1.165, 1.54) is 19.4 Å². The van der Waals surface area contributed by atoms with E-state index in [9.17, 15) is 0 Å². The Balaban J connectivity index is 1.73. The zero-order valence-corrected chi connectivity index (χ0v) is 12.9. The van der Waals surface area contributed by atoms with Crippen LogP contribution in [0.15, 0.2) is 12.3 Å². The van der Waals surface area contributed by atoms with Crippen LogP contribution in [0.3, 0.4) is 0 Å². The van der Waals surface area contributed by atoms with Gasteiger partial charge >= 0.3 is 0 Å². The fourth-order valence-electron chi connectivity index (χ4n) is 3.36. The third-order valence-electron chi connectivity index (χ3n) is 4.30. The Bertz CT molecular complexity index is 452. The molecule has 0 radical (unpaired) electrons. The third-order valence-corrected chi connectivity index (χ3v) is 4.30. The van der Waals surface area contributed by atoms with Crippen molar-refractivity contribution in [3.05, 3.63) is 18.1 Å². The van der Waals surface area contributed by atoms with Crippen molar-refractivity contribution in [2.24, 2.45) is 11.3 Å². The monoisotopic (exact) mass is 274 g/mol. The second-order valence-corrected chi connectivity index (χ2v) is 7.44. The minimum atomic E-state index is 0.235. The van der Waals surface area contributed by atoms with Gasteiger partial charge in [-0.3, -0.25) is 0 Å². The van der Waals surface area contributed by atoms with Crippen LogP contribution in [-0.2, 0) is 6.42 Å². The van der Waals surface area contributed by atoms with E-state index < -0.39 is 0 Å². The normalized spacial score (nSPS) is 26.6. The van der Waals surface area contributed by atoms with E-state index >= 15 is 0 Å². The van der Waals surface area contributed by atoms with Gasteiger partial charge in [0.2, 0.25) is 0 Å². The molecule has 0 amide bonds. The first kappa shape index (κ1) is 13.8. The maximum absolute atomic E-state index is 4.79. The molecule has 3 rings (SSSR count). The number of rotatable bonds is 2. The Hall–Kier alpha value is -1.16. The fraction of sp³-hybridized carbons (Fsp3) is 0.750. The number of nitrogens with one attached hydrogen (secondary N) is 1. The molecule has 1 aromatic rings. The van der Waals surface area contributed by atoms with Crippen molar-refractivity contribution in [3.8, 4) is 0 Å². The van der Waals surface area contributed by atoms with Crippen LogP contribution in [0.1, 0.15) is 39.4 Å². The SMILES string of the molecule is CC(C)(C)Cc1nccc(N2C[C@@H]3CCCN[C@@H]3C2)n1. The fourth-order valence-corrected chi connectivity index (χ4v) is 3.36. The number of anilines is 1. The lowest BCUT2D eigenvalue weighted by Crippen LogP contribution is -2.40. The summed E-state index contributed by atoms with van der Waals surface area (Å²) in [6.45, 7) is 10.1. The smallest absolute Gasteiger partial charge is 0.132 e. The Morgan fingerprint density at radius 1 is 1.35 bits per heavy atom. The molecule has 4 nitrogen and oxygen atoms in total. The lowest BCUT2D eigenvalue weighted by atomic mass is 9.92. The summed E-state index contributed by atoms with van der Waals surface area (Å²) < 4.78 is 0. The van der Waals surface area contributed by atoms with Crippen molar-refractivity contribution in [1.29, 1.82) is 0 Å². The summed E-state index contributed by atoms with van der Waals surface area (Å²) in [5, 5.41) is 3.65. The van der Waals surface area contributed by atoms with Gasteiger partial charge in [0, 0.05) is 31.7 Å². The number of nitrogens with zero attached hydrogens (tertiary/aromatic N) is 3. The van der Waals surface area contributed by atoms with Crippen LogP contribution in [-0.4, -0.2) is 35.6 Å². The van der Waals surface area contributed by atoms with E-state index in [0.717, 1.165) is 37.1 Å². The van der Waals surface area contributed by atoms with Gasteiger partial charge in [-0.05, 0) is 36.8 Å². The second kappa shape index (κ2) is 5.32. The Kier molecular flexibility index (Phi) is 3.67. The highest BCUT2D eigenvalue weighted by molar-refractivity contribution is 5.40. The van der Waals surface area contributed by atoms with Crippen molar-refractivity contribution in [3.63, 3.8) is 0 Å². The minimum Gasteiger partial charge on any atom is -0.355 e. The molecule has 2 atom stereocenters. The van der Waals surface area contributed by atoms with Gasteiger partial charge < -0.3 is 10.2 Å². The molecule has 2 aliphatic heterocycles. The zero-order chi connectivity index (χ0) is 14.2. The molecule has 0 saturated carbocycles. The molecule has 20 heavy (non-hydrogen) atoms. The quantitative estimate of drug-likeness (QED) is 0.898. The van der Waals surface area contributed by atoms with Gasteiger partial charge in [-0.25, -0.2) is 9.97 Å². The van der Waals surface area contributed by atoms with Gasteiger partial charge in [-0.1, -0.05) is 20.8 Å². The van der Waals surface area contributed by atoms with Crippen LogP contribution in [0.2, 0.25) is 0 Å². The van der Waals surface area contributed by atoms with E-state index in [2.05, 4.69) is 42.0 Å². The van der Waals surface area contributed by atoms with E-state index in [4.69, 9.17) is 4.98 Å². The molecule has 2 aliphatic rings. The lowest BCUT2D eigenvalue weighted by Gasteiger charge is -2.24. The molecule has 0 spiro atoms. The topological polar surface area (TPSA) is 41.1 Å². The molecule has 110 valence electrons. The highest BCUT2D eigenvalue weighted by Crippen LogP contribution is 2.28.